The van der Waals surface area contributed by atoms with Crippen molar-refractivity contribution in [1.82, 2.24) is 9.78 Å². The van der Waals surface area contributed by atoms with Crippen LogP contribution >= 0.6 is 0 Å². The SMILES string of the molecule is N#Cc1cccc(Cn2ncc(OCCN)cc2=O)c1. The predicted octanol–water partition coefficient (Wildman–Crippen LogP) is 0.501. The molecule has 102 valence electrons. The second-order valence-corrected chi connectivity index (χ2v) is 4.14. The monoisotopic (exact) mass is 270 g/mol. The number of benzene rings is 1. The fourth-order valence-electron chi connectivity index (χ4n) is 1.70. The van der Waals surface area contributed by atoms with Crippen LogP contribution in [0.2, 0.25) is 0 Å². The van der Waals surface area contributed by atoms with E-state index in [9.17, 15) is 4.79 Å². The van der Waals surface area contributed by atoms with Gasteiger partial charge in [0.1, 0.15) is 12.4 Å². The Morgan fingerprint density at radius 3 is 2.95 bits per heavy atom. The highest BCUT2D eigenvalue weighted by Gasteiger charge is 2.03. The van der Waals surface area contributed by atoms with Crippen LogP contribution in [-0.4, -0.2) is 22.9 Å². The van der Waals surface area contributed by atoms with Crippen LogP contribution in [0.5, 0.6) is 5.75 Å². The Morgan fingerprint density at radius 2 is 2.25 bits per heavy atom. The van der Waals surface area contributed by atoms with Gasteiger partial charge in [-0.25, -0.2) is 4.68 Å². The van der Waals surface area contributed by atoms with Gasteiger partial charge in [0.15, 0.2) is 0 Å². The van der Waals surface area contributed by atoms with Crippen molar-refractivity contribution in [1.29, 1.82) is 5.26 Å². The summed E-state index contributed by atoms with van der Waals surface area (Å²) in [6.45, 7) is 1.03. The lowest BCUT2D eigenvalue weighted by Gasteiger charge is -2.07. The van der Waals surface area contributed by atoms with Crippen LogP contribution in [0, 0.1) is 11.3 Å². The molecule has 2 aromatic rings. The van der Waals surface area contributed by atoms with Crippen LogP contribution in [0.25, 0.3) is 0 Å². The van der Waals surface area contributed by atoms with Gasteiger partial charge in [-0.15, -0.1) is 0 Å². The Bertz CT molecular complexity index is 688. The van der Waals surface area contributed by atoms with Crippen molar-refractivity contribution < 1.29 is 4.74 Å². The van der Waals surface area contributed by atoms with Gasteiger partial charge in [0.2, 0.25) is 0 Å². The fourth-order valence-corrected chi connectivity index (χ4v) is 1.70. The van der Waals surface area contributed by atoms with Gasteiger partial charge in [-0.1, -0.05) is 12.1 Å². The van der Waals surface area contributed by atoms with E-state index in [2.05, 4.69) is 11.2 Å². The van der Waals surface area contributed by atoms with Gasteiger partial charge in [0.25, 0.3) is 5.56 Å². The van der Waals surface area contributed by atoms with Crippen molar-refractivity contribution in [3.05, 3.63) is 58.0 Å². The van der Waals surface area contributed by atoms with Gasteiger partial charge in [-0.2, -0.15) is 10.4 Å². The van der Waals surface area contributed by atoms with E-state index in [4.69, 9.17) is 15.7 Å². The normalized spacial score (nSPS) is 10.0. The zero-order valence-electron chi connectivity index (χ0n) is 10.8. The number of nitriles is 1. The summed E-state index contributed by atoms with van der Waals surface area (Å²) in [5.74, 6) is 0.405. The van der Waals surface area contributed by atoms with Crippen LogP contribution in [0.15, 0.2) is 41.3 Å². The van der Waals surface area contributed by atoms with Crippen molar-refractivity contribution in [2.75, 3.05) is 13.2 Å². The van der Waals surface area contributed by atoms with E-state index in [0.717, 1.165) is 5.56 Å². The standard InChI is InChI=1S/C14H14N4O2/c15-4-5-20-13-7-14(19)18(17-9-13)10-12-3-1-2-11(6-12)8-16/h1-3,6-7,9H,4-5,10,15H2. The van der Waals surface area contributed by atoms with Crippen molar-refractivity contribution in [2.45, 2.75) is 6.54 Å². The zero-order chi connectivity index (χ0) is 14.4. The molecule has 6 nitrogen and oxygen atoms in total. The lowest BCUT2D eigenvalue weighted by atomic mass is 10.1. The first-order chi connectivity index (χ1) is 9.72. The van der Waals surface area contributed by atoms with E-state index in [0.29, 0.717) is 31.0 Å². The number of nitrogens with two attached hydrogens (primary N) is 1. The number of hydrogen-bond acceptors (Lipinski definition) is 5. The Balaban J connectivity index is 2.17. The first-order valence-corrected chi connectivity index (χ1v) is 6.12. The van der Waals surface area contributed by atoms with Gasteiger partial charge in [0, 0.05) is 12.6 Å². The molecule has 0 saturated heterocycles. The third-order valence-corrected chi connectivity index (χ3v) is 2.62. The first kappa shape index (κ1) is 13.8. The predicted molar refractivity (Wildman–Crippen MR) is 73.3 cm³/mol. The molecule has 1 aromatic carbocycles. The molecule has 0 unspecified atom stereocenters. The molecule has 0 aliphatic heterocycles. The van der Waals surface area contributed by atoms with Crippen LogP contribution in [0.4, 0.5) is 0 Å². The second kappa shape index (κ2) is 6.50. The maximum absolute atomic E-state index is 11.9. The van der Waals surface area contributed by atoms with Crippen LogP contribution in [0.1, 0.15) is 11.1 Å². The quantitative estimate of drug-likeness (QED) is 0.853. The van der Waals surface area contributed by atoms with Gasteiger partial charge < -0.3 is 10.5 Å². The molecule has 0 amide bonds. The van der Waals surface area contributed by atoms with Gasteiger partial charge in [-0.3, -0.25) is 4.79 Å². The molecule has 2 rings (SSSR count). The van der Waals surface area contributed by atoms with E-state index >= 15 is 0 Å². The molecule has 2 N–H and O–H groups in total. The summed E-state index contributed by atoms with van der Waals surface area (Å²) in [4.78, 5) is 11.9. The molecule has 0 bridgehead atoms. The molecule has 0 saturated carbocycles. The van der Waals surface area contributed by atoms with E-state index in [1.165, 1.54) is 16.9 Å². The van der Waals surface area contributed by atoms with Crippen molar-refractivity contribution >= 4 is 0 Å². The number of nitrogens with zero attached hydrogens (tertiary/aromatic N) is 3. The van der Waals surface area contributed by atoms with E-state index < -0.39 is 0 Å². The minimum atomic E-state index is -0.262. The maximum Gasteiger partial charge on any atom is 0.270 e. The highest BCUT2D eigenvalue weighted by atomic mass is 16.5. The fraction of sp³-hybridized carbons (Fsp3) is 0.214. The Labute approximate surface area is 116 Å². The molecule has 0 spiro atoms. The van der Waals surface area contributed by atoms with Crippen LogP contribution in [-0.2, 0) is 6.54 Å². The number of rotatable bonds is 5. The minimum absolute atomic E-state index is 0.262. The maximum atomic E-state index is 11.9. The summed E-state index contributed by atoms with van der Waals surface area (Å²) >= 11 is 0. The number of ether oxygens (including phenoxy) is 1. The van der Waals surface area contributed by atoms with Gasteiger partial charge in [0.05, 0.1) is 24.4 Å². The summed E-state index contributed by atoms with van der Waals surface area (Å²) in [5.41, 5.74) is 6.45. The number of hydrogen-bond donors (Lipinski definition) is 1. The molecule has 0 atom stereocenters. The third kappa shape index (κ3) is 3.43. The Kier molecular flexibility index (Phi) is 4.47. The van der Waals surface area contributed by atoms with Crippen molar-refractivity contribution in [3.8, 4) is 11.8 Å². The molecule has 0 aliphatic carbocycles. The van der Waals surface area contributed by atoms with Crippen molar-refractivity contribution in [2.24, 2.45) is 5.73 Å². The summed E-state index contributed by atoms with van der Waals surface area (Å²) in [5, 5.41) is 12.9. The van der Waals surface area contributed by atoms with Gasteiger partial charge >= 0.3 is 0 Å². The molecule has 20 heavy (non-hydrogen) atoms. The summed E-state index contributed by atoms with van der Waals surface area (Å²) < 4.78 is 6.55. The molecular weight excluding hydrogens is 256 g/mol. The minimum Gasteiger partial charge on any atom is -0.490 e. The number of aromatic nitrogens is 2. The first-order valence-electron chi connectivity index (χ1n) is 6.12. The van der Waals surface area contributed by atoms with Crippen LogP contribution in [0.3, 0.4) is 0 Å². The highest BCUT2D eigenvalue weighted by Crippen LogP contribution is 2.06. The lowest BCUT2D eigenvalue weighted by Crippen LogP contribution is -2.23. The molecule has 1 aromatic heterocycles. The topological polar surface area (TPSA) is 93.9 Å². The zero-order valence-corrected chi connectivity index (χ0v) is 10.8. The average Bonchev–Trinajstić information content (AvgIpc) is 2.48. The lowest BCUT2D eigenvalue weighted by molar-refractivity contribution is 0.324. The third-order valence-electron chi connectivity index (χ3n) is 2.62. The Morgan fingerprint density at radius 1 is 1.40 bits per heavy atom. The highest BCUT2D eigenvalue weighted by molar-refractivity contribution is 5.32. The molecule has 6 heteroatoms. The molecule has 0 radical (unpaired) electrons. The molecule has 1 heterocycles. The largest absolute Gasteiger partial charge is 0.490 e. The smallest absolute Gasteiger partial charge is 0.270 e. The summed E-state index contributed by atoms with van der Waals surface area (Å²) in [7, 11) is 0. The van der Waals surface area contributed by atoms with E-state index in [1.54, 1.807) is 18.2 Å². The Hall–Kier alpha value is -2.65. The molecular formula is C14H14N4O2. The van der Waals surface area contributed by atoms with E-state index in [-0.39, 0.29) is 5.56 Å². The molecule has 0 fully saturated rings. The average molecular weight is 270 g/mol. The summed E-state index contributed by atoms with van der Waals surface area (Å²) in [6.07, 6.45) is 1.48. The summed E-state index contributed by atoms with van der Waals surface area (Å²) in [6, 6.07) is 10.5. The van der Waals surface area contributed by atoms with E-state index in [1.807, 2.05) is 6.07 Å². The van der Waals surface area contributed by atoms with Crippen LogP contribution < -0.4 is 16.0 Å². The second-order valence-electron chi connectivity index (χ2n) is 4.14. The van der Waals surface area contributed by atoms with Crippen molar-refractivity contribution in [3.63, 3.8) is 0 Å². The van der Waals surface area contributed by atoms with Gasteiger partial charge in [-0.05, 0) is 17.7 Å². The molecule has 0 aliphatic rings.